The fraction of sp³-hybridized carbons (Fsp3) is 0.125. The van der Waals surface area contributed by atoms with Crippen molar-refractivity contribution in [2.75, 3.05) is 7.11 Å². The van der Waals surface area contributed by atoms with Gasteiger partial charge in [0.2, 0.25) is 0 Å². The lowest BCUT2D eigenvalue weighted by Crippen LogP contribution is -1.85. The maximum atomic E-state index is 9.00. The summed E-state index contributed by atoms with van der Waals surface area (Å²) in [6.07, 6.45) is 2.93. The van der Waals surface area contributed by atoms with Crippen LogP contribution in [0.15, 0.2) is 25.0 Å². The van der Waals surface area contributed by atoms with E-state index in [0.717, 1.165) is 0 Å². The van der Waals surface area contributed by atoms with Gasteiger partial charge in [0.15, 0.2) is 0 Å². The first-order valence-corrected chi connectivity index (χ1v) is 3.11. The number of methoxy groups -OCH3 is 1. The van der Waals surface area contributed by atoms with Gasteiger partial charge in [-0.2, -0.15) is 0 Å². The Morgan fingerprint density at radius 3 is 2.91 bits per heavy atom. The summed E-state index contributed by atoms with van der Waals surface area (Å²) in [4.78, 5) is 3.76. The van der Waals surface area contributed by atoms with Crippen molar-refractivity contribution in [3.63, 3.8) is 0 Å². The Bertz CT molecular complexity index is 271. The van der Waals surface area contributed by atoms with E-state index in [4.69, 9.17) is 9.84 Å². The molecule has 3 heteroatoms. The van der Waals surface area contributed by atoms with Gasteiger partial charge in [-0.1, -0.05) is 6.58 Å². The Hall–Kier alpha value is -1.51. The zero-order chi connectivity index (χ0) is 8.27. The Morgan fingerprint density at radius 1 is 1.64 bits per heavy atom. The summed E-state index contributed by atoms with van der Waals surface area (Å²) < 4.78 is 4.85. The molecule has 0 aromatic carbocycles. The van der Waals surface area contributed by atoms with Crippen LogP contribution in [0.3, 0.4) is 0 Å². The van der Waals surface area contributed by atoms with E-state index in [9.17, 15) is 0 Å². The van der Waals surface area contributed by atoms with Gasteiger partial charge in [0.1, 0.15) is 11.5 Å². The fourth-order valence-corrected chi connectivity index (χ4v) is 0.698. The number of nitrogens with zero attached hydrogens (tertiary/aromatic N) is 1. The fourth-order valence-electron chi connectivity index (χ4n) is 0.698. The van der Waals surface area contributed by atoms with Gasteiger partial charge in [-0.25, -0.2) is 0 Å². The lowest BCUT2D eigenvalue weighted by molar-refractivity contribution is 0.370. The number of aromatic nitrogens is 1. The second-order valence-electron chi connectivity index (χ2n) is 2.06. The molecule has 0 spiro atoms. The SMILES string of the molecule is C=C(OC)c1cncc(O)c1. The van der Waals surface area contributed by atoms with Crippen molar-refractivity contribution in [2.45, 2.75) is 0 Å². The second-order valence-corrected chi connectivity index (χ2v) is 2.06. The van der Waals surface area contributed by atoms with Crippen LogP contribution in [0.1, 0.15) is 5.56 Å². The van der Waals surface area contributed by atoms with Crippen LogP contribution in [0.25, 0.3) is 5.76 Å². The lowest BCUT2D eigenvalue weighted by atomic mass is 10.2. The molecular formula is C8H9NO2. The molecule has 1 aromatic heterocycles. The van der Waals surface area contributed by atoms with Gasteiger partial charge in [0.05, 0.1) is 13.3 Å². The molecule has 0 aliphatic carbocycles. The topological polar surface area (TPSA) is 42.4 Å². The number of ether oxygens (including phenoxy) is 1. The van der Waals surface area contributed by atoms with Crippen LogP contribution < -0.4 is 0 Å². The quantitative estimate of drug-likeness (QED) is 0.650. The van der Waals surface area contributed by atoms with Gasteiger partial charge >= 0.3 is 0 Å². The summed E-state index contributed by atoms with van der Waals surface area (Å²) in [5.74, 6) is 0.606. The summed E-state index contributed by atoms with van der Waals surface area (Å²) in [5, 5.41) is 9.00. The van der Waals surface area contributed by atoms with E-state index in [1.54, 1.807) is 12.3 Å². The first-order valence-electron chi connectivity index (χ1n) is 3.11. The van der Waals surface area contributed by atoms with Gasteiger partial charge in [-0.15, -0.1) is 0 Å². The summed E-state index contributed by atoms with van der Waals surface area (Å²) in [6, 6.07) is 1.54. The maximum absolute atomic E-state index is 9.00. The Morgan fingerprint density at radius 2 is 2.36 bits per heavy atom. The number of aromatic hydroxyl groups is 1. The van der Waals surface area contributed by atoms with Crippen molar-refractivity contribution in [2.24, 2.45) is 0 Å². The molecule has 0 atom stereocenters. The average Bonchev–Trinajstić information content (AvgIpc) is 2.03. The number of hydrogen-bond acceptors (Lipinski definition) is 3. The summed E-state index contributed by atoms with van der Waals surface area (Å²) in [7, 11) is 1.52. The zero-order valence-electron chi connectivity index (χ0n) is 6.24. The largest absolute Gasteiger partial charge is 0.506 e. The molecule has 0 aliphatic rings. The van der Waals surface area contributed by atoms with Gasteiger partial charge in [0, 0.05) is 11.8 Å². The van der Waals surface area contributed by atoms with Crippen LogP contribution in [0.5, 0.6) is 5.75 Å². The molecular weight excluding hydrogens is 142 g/mol. The van der Waals surface area contributed by atoms with E-state index in [2.05, 4.69) is 11.6 Å². The minimum Gasteiger partial charge on any atom is -0.506 e. The number of hydrogen-bond donors (Lipinski definition) is 1. The standard InChI is InChI=1S/C8H9NO2/c1-6(11-2)7-3-8(10)5-9-4-7/h3-5,10H,1H2,2H3. The van der Waals surface area contributed by atoms with Crippen LogP contribution in [0.2, 0.25) is 0 Å². The molecule has 3 nitrogen and oxygen atoms in total. The molecule has 0 amide bonds. The van der Waals surface area contributed by atoms with Gasteiger partial charge in [-0.05, 0) is 6.07 Å². The third-order valence-electron chi connectivity index (χ3n) is 1.29. The second kappa shape index (κ2) is 3.05. The van der Waals surface area contributed by atoms with Gasteiger partial charge in [-0.3, -0.25) is 4.98 Å². The Labute approximate surface area is 65.0 Å². The van der Waals surface area contributed by atoms with Crippen LogP contribution >= 0.6 is 0 Å². The third-order valence-corrected chi connectivity index (χ3v) is 1.29. The Balaban J connectivity index is 2.96. The highest BCUT2D eigenvalue weighted by Gasteiger charge is 1.98. The normalized spacial score (nSPS) is 9.18. The van der Waals surface area contributed by atoms with E-state index in [0.29, 0.717) is 11.3 Å². The zero-order valence-corrected chi connectivity index (χ0v) is 6.24. The van der Waals surface area contributed by atoms with Crippen molar-refractivity contribution in [3.8, 4) is 5.75 Å². The summed E-state index contributed by atoms with van der Waals surface area (Å²) in [6.45, 7) is 3.61. The van der Waals surface area contributed by atoms with E-state index in [1.165, 1.54) is 13.3 Å². The molecule has 1 rings (SSSR count). The first kappa shape index (κ1) is 7.60. The van der Waals surface area contributed by atoms with Crippen molar-refractivity contribution in [1.29, 1.82) is 0 Å². The van der Waals surface area contributed by atoms with Gasteiger partial charge < -0.3 is 9.84 Å². The molecule has 0 radical (unpaired) electrons. The highest BCUT2D eigenvalue weighted by molar-refractivity contribution is 5.57. The highest BCUT2D eigenvalue weighted by Crippen LogP contribution is 2.15. The van der Waals surface area contributed by atoms with E-state index in [1.807, 2.05) is 0 Å². The average molecular weight is 151 g/mol. The molecule has 0 bridgehead atoms. The smallest absolute Gasteiger partial charge is 0.134 e. The van der Waals surface area contributed by atoms with Crippen LogP contribution in [0.4, 0.5) is 0 Å². The van der Waals surface area contributed by atoms with E-state index < -0.39 is 0 Å². The molecule has 1 N–H and O–H groups in total. The molecule has 0 fully saturated rings. The van der Waals surface area contributed by atoms with Crippen LogP contribution in [-0.4, -0.2) is 17.2 Å². The predicted molar refractivity (Wildman–Crippen MR) is 41.9 cm³/mol. The minimum absolute atomic E-state index is 0.112. The van der Waals surface area contributed by atoms with E-state index >= 15 is 0 Å². The number of rotatable bonds is 2. The summed E-state index contributed by atoms with van der Waals surface area (Å²) in [5.41, 5.74) is 0.688. The van der Waals surface area contributed by atoms with Crippen molar-refractivity contribution < 1.29 is 9.84 Å². The molecule has 0 aliphatic heterocycles. The molecule has 0 saturated carbocycles. The predicted octanol–water partition coefficient (Wildman–Crippen LogP) is 1.40. The van der Waals surface area contributed by atoms with Crippen LogP contribution in [-0.2, 0) is 4.74 Å². The van der Waals surface area contributed by atoms with Crippen molar-refractivity contribution in [3.05, 3.63) is 30.6 Å². The molecule has 58 valence electrons. The molecule has 11 heavy (non-hydrogen) atoms. The molecule has 1 heterocycles. The first-order chi connectivity index (χ1) is 5.24. The Kier molecular flexibility index (Phi) is 2.11. The summed E-state index contributed by atoms with van der Waals surface area (Å²) >= 11 is 0. The maximum Gasteiger partial charge on any atom is 0.134 e. The minimum atomic E-state index is 0.112. The van der Waals surface area contributed by atoms with E-state index in [-0.39, 0.29) is 5.75 Å². The van der Waals surface area contributed by atoms with Crippen molar-refractivity contribution in [1.82, 2.24) is 4.98 Å². The monoisotopic (exact) mass is 151 g/mol. The third kappa shape index (κ3) is 1.70. The molecule has 0 unspecified atom stereocenters. The van der Waals surface area contributed by atoms with Crippen LogP contribution in [0, 0.1) is 0 Å². The number of pyridine rings is 1. The molecule has 0 saturated heterocycles. The molecule has 1 aromatic rings. The van der Waals surface area contributed by atoms with Crippen molar-refractivity contribution >= 4 is 5.76 Å². The highest BCUT2D eigenvalue weighted by atomic mass is 16.5. The van der Waals surface area contributed by atoms with Gasteiger partial charge in [0.25, 0.3) is 0 Å². The lowest BCUT2D eigenvalue weighted by Gasteiger charge is -2.02.